The maximum atomic E-state index is 12.2. The minimum Gasteiger partial charge on any atom is -0.495 e. The Morgan fingerprint density at radius 3 is 2.55 bits per heavy atom. The van der Waals surface area contributed by atoms with Gasteiger partial charge in [-0.15, -0.1) is 0 Å². The smallest absolute Gasteiger partial charge is 0.246 e. The van der Waals surface area contributed by atoms with E-state index in [1.807, 2.05) is 30.3 Å². The van der Waals surface area contributed by atoms with Gasteiger partial charge in [0, 0.05) is 18.5 Å². The van der Waals surface area contributed by atoms with Gasteiger partial charge in [-0.2, -0.15) is 4.98 Å². The number of ether oxygens (including phenoxy) is 1. The average molecular weight is 445 g/mol. The molecule has 1 heterocycles. The number of nitrogens with one attached hydrogen (secondary N) is 1. The van der Waals surface area contributed by atoms with Gasteiger partial charge in [-0.25, -0.2) is 8.42 Å². The number of sulfonamides is 1. The van der Waals surface area contributed by atoms with Gasteiger partial charge in [0.25, 0.3) is 0 Å². The zero-order valence-electron chi connectivity index (χ0n) is 17.3. The topological polar surface area (TPSA) is 115 Å². The van der Waals surface area contributed by atoms with Crippen LogP contribution in [0.5, 0.6) is 5.75 Å². The number of aromatic nitrogens is 2. The fourth-order valence-electron chi connectivity index (χ4n) is 2.98. The molecule has 0 saturated heterocycles. The van der Waals surface area contributed by atoms with Gasteiger partial charge in [0.15, 0.2) is 0 Å². The highest BCUT2D eigenvalue weighted by Gasteiger charge is 2.21. The lowest BCUT2D eigenvalue weighted by Gasteiger charge is -2.24. The van der Waals surface area contributed by atoms with E-state index in [1.165, 1.54) is 11.4 Å². The van der Waals surface area contributed by atoms with Crippen LogP contribution in [0.2, 0.25) is 0 Å². The number of hydrogen-bond acceptors (Lipinski definition) is 7. The molecule has 0 unspecified atom stereocenters. The van der Waals surface area contributed by atoms with Crippen LogP contribution in [0.3, 0.4) is 0 Å². The first-order valence-electron chi connectivity index (χ1n) is 9.64. The van der Waals surface area contributed by atoms with Crippen molar-refractivity contribution in [2.45, 2.75) is 19.4 Å². The maximum absolute atomic E-state index is 12.2. The summed E-state index contributed by atoms with van der Waals surface area (Å²) in [6, 6.07) is 16.2. The maximum Gasteiger partial charge on any atom is 0.246 e. The first-order chi connectivity index (χ1) is 14.9. The number of carbonyl (C=O) groups excluding carboxylic acids is 1. The summed E-state index contributed by atoms with van der Waals surface area (Å²) in [7, 11) is -2.06. The lowest BCUT2D eigenvalue weighted by molar-refractivity contribution is -0.121. The van der Waals surface area contributed by atoms with Crippen molar-refractivity contribution in [2.24, 2.45) is 0 Å². The minimum atomic E-state index is -3.54. The number of benzene rings is 2. The van der Waals surface area contributed by atoms with Crippen LogP contribution in [0.4, 0.5) is 5.69 Å². The van der Waals surface area contributed by atoms with E-state index in [1.54, 1.807) is 24.3 Å². The normalized spacial score (nSPS) is 11.2. The summed E-state index contributed by atoms with van der Waals surface area (Å²) in [5.41, 5.74) is 1.26. The molecule has 9 nitrogen and oxygen atoms in total. The molecule has 0 atom stereocenters. The molecule has 10 heteroatoms. The number of amides is 1. The molecule has 3 aromatic rings. The predicted molar refractivity (Wildman–Crippen MR) is 116 cm³/mol. The van der Waals surface area contributed by atoms with Crippen LogP contribution in [0.1, 0.15) is 18.7 Å². The third kappa shape index (κ3) is 6.05. The van der Waals surface area contributed by atoms with E-state index < -0.39 is 10.0 Å². The summed E-state index contributed by atoms with van der Waals surface area (Å²) in [4.78, 5) is 16.4. The Labute approximate surface area is 181 Å². The largest absolute Gasteiger partial charge is 0.495 e. The lowest BCUT2D eigenvalue weighted by atomic mass is 10.2. The molecular weight excluding hydrogens is 420 g/mol. The van der Waals surface area contributed by atoms with Crippen molar-refractivity contribution in [3.8, 4) is 17.1 Å². The fourth-order valence-corrected chi connectivity index (χ4v) is 3.95. The van der Waals surface area contributed by atoms with Crippen LogP contribution in [0.15, 0.2) is 59.1 Å². The highest BCUT2D eigenvalue weighted by atomic mass is 32.2. The van der Waals surface area contributed by atoms with E-state index in [0.717, 1.165) is 11.8 Å². The van der Waals surface area contributed by atoms with Crippen molar-refractivity contribution >= 4 is 21.6 Å². The Hall–Kier alpha value is -3.40. The zero-order valence-corrected chi connectivity index (χ0v) is 18.1. The Morgan fingerprint density at radius 1 is 1.13 bits per heavy atom. The van der Waals surface area contributed by atoms with E-state index in [0.29, 0.717) is 29.6 Å². The van der Waals surface area contributed by atoms with E-state index in [4.69, 9.17) is 9.26 Å². The Balaban J connectivity index is 1.52. The second kappa shape index (κ2) is 10.1. The third-order valence-corrected chi connectivity index (χ3v) is 5.64. The van der Waals surface area contributed by atoms with E-state index in [9.17, 15) is 13.2 Å². The first-order valence-corrected chi connectivity index (χ1v) is 11.5. The monoisotopic (exact) mass is 444 g/mol. The second-order valence-corrected chi connectivity index (χ2v) is 8.67. The van der Waals surface area contributed by atoms with Gasteiger partial charge in [0.05, 0.1) is 25.6 Å². The van der Waals surface area contributed by atoms with Crippen LogP contribution in [0, 0.1) is 0 Å². The standard InChI is InChI=1S/C21H24N4O5S/c1-29-18-12-7-6-11-17(18)25(31(2,27)28)14-8-13-19(26)22-15-20-23-21(24-30-20)16-9-4-3-5-10-16/h3-7,9-12H,8,13-15H2,1-2H3,(H,22,26). The van der Waals surface area contributed by atoms with Gasteiger partial charge in [0.1, 0.15) is 5.75 Å². The molecule has 0 aliphatic heterocycles. The summed E-state index contributed by atoms with van der Waals surface area (Å²) in [5.74, 6) is 0.945. The fraction of sp³-hybridized carbons (Fsp3) is 0.286. The SMILES string of the molecule is COc1ccccc1N(CCCC(=O)NCc1nc(-c2ccccc2)no1)S(C)(=O)=O. The molecule has 0 bridgehead atoms. The molecule has 0 fully saturated rings. The summed E-state index contributed by atoms with van der Waals surface area (Å²) >= 11 is 0. The van der Waals surface area contributed by atoms with Crippen molar-refractivity contribution in [3.05, 3.63) is 60.5 Å². The Bertz CT molecular complexity index is 1120. The number of nitrogens with zero attached hydrogens (tertiary/aromatic N) is 3. The van der Waals surface area contributed by atoms with Crippen molar-refractivity contribution in [1.82, 2.24) is 15.5 Å². The average Bonchev–Trinajstić information content (AvgIpc) is 3.24. The minimum absolute atomic E-state index is 0.0982. The molecule has 1 N–H and O–H groups in total. The third-order valence-electron chi connectivity index (χ3n) is 4.46. The lowest BCUT2D eigenvalue weighted by Crippen LogP contribution is -2.32. The van der Waals surface area contributed by atoms with Gasteiger partial charge in [-0.3, -0.25) is 9.10 Å². The molecule has 0 radical (unpaired) electrons. The molecule has 3 rings (SSSR count). The summed E-state index contributed by atoms with van der Waals surface area (Å²) in [6.07, 6.45) is 1.59. The second-order valence-electron chi connectivity index (χ2n) is 6.77. The van der Waals surface area contributed by atoms with Crippen molar-refractivity contribution in [2.75, 3.05) is 24.2 Å². The number of hydrogen-bond donors (Lipinski definition) is 1. The van der Waals surface area contributed by atoms with E-state index >= 15 is 0 Å². The molecule has 164 valence electrons. The van der Waals surface area contributed by atoms with Gasteiger partial charge in [-0.1, -0.05) is 47.6 Å². The molecule has 0 spiro atoms. The number of methoxy groups -OCH3 is 1. The zero-order chi connectivity index (χ0) is 22.3. The molecule has 0 aliphatic carbocycles. The summed E-state index contributed by atoms with van der Waals surface area (Å²) < 4.78 is 36.2. The molecule has 0 saturated carbocycles. The van der Waals surface area contributed by atoms with Crippen LogP contribution < -0.4 is 14.4 Å². The van der Waals surface area contributed by atoms with Crippen LogP contribution in [-0.2, 0) is 21.4 Å². The Kier molecular flexibility index (Phi) is 7.24. The molecule has 1 amide bonds. The van der Waals surface area contributed by atoms with Crippen LogP contribution in [0.25, 0.3) is 11.4 Å². The number of anilines is 1. The van der Waals surface area contributed by atoms with Gasteiger partial charge in [-0.05, 0) is 18.6 Å². The quantitative estimate of drug-likeness (QED) is 0.511. The number of carbonyl (C=O) groups is 1. The van der Waals surface area contributed by atoms with Gasteiger partial charge >= 0.3 is 0 Å². The molecule has 2 aromatic carbocycles. The predicted octanol–water partition coefficient (Wildman–Crippen LogP) is 2.61. The van der Waals surface area contributed by atoms with Gasteiger partial charge in [0.2, 0.25) is 27.6 Å². The molecule has 31 heavy (non-hydrogen) atoms. The van der Waals surface area contributed by atoms with Crippen molar-refractivity contribution in [1.29, 1.82) is 0 Å². The molecule has 1 aromatic heterocycles. The van der Waals surface area contributed by atoms with Crippen LogP contribution >= 0.6 is 0 Å². The highest BCUT2D eigenvalue weighted by Crippen LogP contribution is 2.29. The first kappa shape index (κ1) is 22.3. The van der Waals surface area contributed by atoms with Crippen LogP contribution in [-0.4, -0.2) is 44.4 Å². The summed E-state index contributed by atoms with van der Waals surface area (Å²) in [5, 5.41) is 6.61. The Morgan fingerprint density at radius 2 is 1.84 bits per heavy atom. The van der Waals surface area contributed by atoms with Crippen molar-refractivity contribution in [3.63, 3.8) is 0 Å². The molecule has 0 aliphatic rings. The van der Waals surface area contributed by atoms with Crippen molar-refractivity contribution < 1.29 is 22.5 Å². The number of rotatable bonds is 10. The number of para-hydroxylation sites is 2. The van der Waals surface area contributed by atoms with E-state index in [-0.39, 0.29) is 25.4 Å². The molecular formula is C21H24N4O5S. The van der Waals surface area contributed by atoms with E-state index in [2.05, 4.69) is 15.5 Å². The highest BCUT2D eigenvalue weighted by molar-refractivity contribution is 7.92. The summed E-state index contributed by atoms with van der Waals surface area (Å²) in [6.45, 7) is 0.242. The van der Waals surface area contributed by atoms with Gasteiger partial charge < -0.3 is 14.6 Å².